The van der Waals surface area contributed by atoms with Crippen LogP contribution in [0.1, 0.15) is 19.3 Å². The van der Waals surface area contributed by atoms with Crippen LogP contribution in [0.25, 0.3) is 0 Å². The van der Waals surface area contributed by atoms with Crippen molar-refractivity contribution in [2.75, 3.05) is 17.2 Å². The molecule has 4 heteroatoms. The van der Waals surface area contributed by atoms with E-state index < -0.39 is 0 Å². The van der Waals surface area contributed by atoms with E-state index >= 15 is 0 Å². The van der Waals surface area contributed by atoms with Gasteiger partial charge in [0.15, 0.2) is 5.13 Å². The molecule has 2 heterocycles. The first kappa shape index (κ1) is 7.62. The van der Waals surface area contributed by atoms with Gasteiger partial charge in [-0.05, 0) is 25.2 Å². The number of hydrogen-bond donors (Lipinski definition) is 1. The molecule has 2 aliphatic rings. The lowest BCUT2D eigenvalue weighted by molar-refractivity contribution is 0.553. The third kappa shape index (κ3) is 1.12. The highest BCUT2D eigenvalue weighted by Crippen LogP contribution is 2.41. The predicted octanol–water partition coefficient (Wildman–Crippen LogP) is 1.71. The van der Waals surface area contributed by atoms with Crippen molar-refractivity contribution in [1.29, 1.82) is 0 Å². The second kappa shape index (κ2) is 2.61. The molecule has 2 unspecified atom stereocenters. The summed E-state index contributed by atoms with van der Waals surface area (Å²) in [6, 6.07) is 0.760. The molecule has 1 saturated carbocycles. The quantitative estimate of drug-likeness (QED) is 0.742. The summed E-state index contributed by atoms with van der Waals surface area (Å²) in [5, 5.41) is 1.96. The summed E-state index contributed by atoms with van der Waals surface area (Å²) in [6.07, 6.45) is 5.91. The van der Waals surface area contributed by atoms with E-state index in [0.717, 1.165) is 22.1 Å². The van der Waals surface area contributed by atoms with Gasteiger partial charge in [-0.15, -0.1) is 0 Å². The highest BCUT2D eigenvalue weighted by molar-refractivity contribution is 7.19. The zero-order valence-electron chi connectivity index (χ0n) is 7.44. The number of aromatic nitrogens is 1. The van der Waals surface area contributed by atoms with Crippen LogP contribution in [0.4, 0.5) is 10.1 Å². The number of rotatable bonds is 1. The zero-order chi connectivity index (χ0) is 8.84. The molecule has 1 saturated heterocycles. The first-order chi connectivity index (χ1) is 6.33. The van der Waals surface area contributed by atoms with Crippen molar-refractivity contribution < 1.29 is 0 Å². The maximum atomic E-state index is 5.67. The Labute approximate surface area is 81.6 Å². The summed E-state index contributed by atoms with van der Waals surface area (Å²) >= 11 is 1.62. The fourth-order valence-corrected chi connectivity index (χ4v) is 3.33. The Morgan fingerprint density at radius 3 is 3.00 bits per heavy atom. The fraction of sp³-hybridized carbons (Fsp3) is 0.667. The smallest absolute Gasteiger partial charge is 0.187 e. The number of nitrogens with two attached hydrogens (primary N) is 1. The molecule has 2 fully saturated rings. The Balaban J connectivity index is 1.87. The van der Waals surface area contributed by atoms with Gasteiger partial charge in [0.2, 0.25) is 0 Å². The van der Waals surface area contributed by atoms with E-state index in [1.165, 1.54) is 25.8 Å². The number of hydrogen-bond acceptors (Lipinski definition) is 4. The monoisotopic (exact) mass is 195 g/mol. The van der Waals surface area contributed by atoms with Gasteiger partial charge in [-0.1, -0.05) is 11.3 Å². The lowest BCUT2D eigenvalue weighted by Gasteiger charge is -2.26. The van der Waals surface area contributed by atoms with E-state index in [2.05, 4.69) is 9.88 Å². The minimum Gasteiger partial charge on any atom is -0.389 e. The summed E-state index contributed by atoms with van der Waals surface area (Å²) in [4.78, 5) is 6.78. The van der Waals surface area contributed by atoms with Gasteiger partial charge in [-0.25, -0.2) is 4.98 Å². The molecule has 0 aromatic carbocycles. The summed E-state index contributed by atoms with van der Waals surface area (Å²) in [5.74, 6) is 0.926. The number of thiazole rings is 1. The van der Waals surface area contributed by atoms with Crippen LogP contribution in [0.5, 0.6) is 0 Å². The number of nitrogens with zero attached hydrogens (tertiary/aromatic N) is 2. The van der Waals surface area contributed by atoms with Crippen LogP contribution in [0.2, 0.25) is 0 Å². The average molecular weight is 195 g/mol. The predicted molar refractivity (Wildman–Crippen MR) is 55.0 cm³/mol. The van der Waals surface area contributed by atoms with Crippen molar-refractivity contribution in [3.05, 3.63) is 6.20 Å². The van der Waals surface area contributed by atoms with Crippen LogP contribution >= 0.6 is 11.3 Å². The molecule has 1 aliphatic carbocycles. The average Bonchev–Trinajstić information content (AvgIpc) is 2.77. The third-order valence-corrected chi connectivity index (χ3v) is 4.03. The number of nitrogen functional groups attached to an aromatic ring is 1. The molecule has 2 bridgehead atoms. The Kier molecular flexibility index (Phi) is 1.53. The van der Waals surface area contributed by atoms with Gasteiger partial charge in [-0.2, -0.15) is 0 Å². The minimum atomic E-state index is 0.760. The second-order valence-electron chi connectivity index (χ2n) is 4.03. The van der Waals surface area contributed by atoms with Crippen LogP contribution in [0, 0.1) is 5.92 Å². The van der Waals surface area contributed by atoms with Crippen LogP contribution in [0.3, 0.4) is 0 Å². The molecule has 1 aliphatic heterocycles. The highest BCUT2D eigenvalue weighted by Gasteiger charge is 2.38. The van der Waals surface area contributed by atoms with E-state index in [-0.39, 0.29) is 0 Å². The van der Waals surface area contributed by atoms with Gasteiger partial charge in [0.05, 0.1) is 6.20 Å². The number of fused-ring (bicyclic) bond motifs is 2. The number of piperidine rings is 1. The summed E-state index contributed by atoms with van der Waals surface area (Å²) < 4.78 is 0. The Morgan fingerprint density at radius 2 is 2.46 bits per heavy atom. The molecule has 0 amide bonds. The molecular weight excluding hydrogens is 182 g/mol. The number of anilines is 2. The van der Waals surface area contributed by atoms with Crippen molar-refractivity contribution in [2.24, 2.45) is 5.92 Å². The van der Waals surface area contributed by atoms with E-state index in [1.54, 1.807) is 17.5 Å². The van der Waals surface area contributed by atoms with Crippen molar-refractivity contribution in [1.82, 2.24) is 4.98 Å². The summed E-state index contributed by atoms with van der Waals surface area (Å²) in [5.41, 5.74) is 5.67. The first-order valence-corrected chi connectivity index (χ1v) is 5.62. The first-order valence-electron chi connectivity index (χ1n) is 4.81. The Bertz CT molecular complexity index is 322. The molecule has 2 N–H and O–H groups in total. The molecule has 70 valence electrons. The van der Waals surface area contributed by atoms with Crippen molar-refractivity contribution in [3.63, 3.8) is 0 Å². The molecular formula is C9H13N3S. The summed E-state index contributed by atoms with van der Waals surface area (Å²) in [7, 11) is 0. The van der Waals surface area contributed by atoms with Crippen LogP contribution in [-0.4, -0.2) is 17.6 Å². The molecule has 1 aromatic heterocycles. The van der Waals surface area contributed by atoms with Gasteiger partial charge < -0.3 is 10.6 Å². The van der Waals surface area contributed by atoms with Gasteiger partial charge in [-0.3, -0.25) is 0 Å². The highest BCUT2D eigenvalue weighted by atomic mass is 32.1. The topological polar surface area (TPSA) is 42.1 Å². The Morgan fingerprint density at radius 1 is 1.54 bits per heavy atom. The fourth-order valence-electron chi connectivity index (χ4n) is 2.57. The van der Waals surface area contributed by atoms with Gasteiger partial charge in [0, 0.05) is 12.6 Å². The van der Waals surface area contributed by atoms with Crippen molar-refractivity contribution >= 4 is 21.5 Å². The molecule has 13 heavy (non-hydrogen) atoms. The van der Waals surface area contributed by atoms with E-state index in [1.807, 2.05) is 0 Å². The van der Waals surface area contributed by atoms with Crippen molar-refractivity contribution in [2.45, 2.75) is 25.3 Å². The maximum Gasteiger partial charge on any atom is 0.187 e. The minimum absolute atomic E-state index is 0.760. The van der Waals surface area contributed by atoms with Crippen LogP contribution in [0.15, 0.2) is 6.20 Å². The van der Waals surface area contributed by atoms with E-state index in [9.17, 15) is 0 Å². The molecule has 1 aromatic rings. The lowest BCUT2D eigenvalue weighted by atomic mass is 10.1. The summed E-state index contributed by atoms with van der Waals surface area (Å²) in [6.45, 7) is 1.21. The molecule has 0 spiro atoms. The van der Waals surface area contributed by atoms with Gasteiger partial charge in [0.1, 0.15) is 5.00 Å². The van der Waals surface area contributed by atoms with Gasteiger partial charge >= 0.3 is 0 Å². The van der Waals surface area contributed by atoms with Gasteiger partial charge in [0.25, 0.3) is 0 Å². The van der Waals surface area contributed by atoms with Crippen molar-refractivity contribution in [3.8, 4) is 0 Å². The Hall–Kier alpha value is -0.770. The standard InChI is InChI=1S/C9H13N3S/c10-8-4-11-9(13-8)12-5-6-1-2-7(12)3-6/h4,6-7H,1-3,5,10H2. The SMILES string of the molecule is Nc1cnc(N2CC3CCC2C3)s1. The van der Waals surface area contributed by atoms with E-state index in [0.29, 0.717) is 0 Å². The lowest BCUT2D eigenvalue weighted by Crippen LogP contribution is -2.31. The molecule has 3 rings (SSSR count). The second-order valence-corrected chi connectivity index (χ2v) is 5.07. The van der Waals surface area contributed by atoms with Crippen LogP contribution < -0.4 is 10.6 Å². The van der Waals surface area contributed by atoms with Crippen LogP contribution in [-0.2, 0) is 0 Å². The zero-order valence-corrected chi connectivity index (χ0v) is 8.26. The maximum absolute atomic E-state index is 5.67. The van der Waals surface area contributed by atoms with E-state index in [4.69, 9.17) is 5.73 Å². The normalized spacial score (nSPS) is 31.5. The molecule has 2 atom stereocenters. The third-order valence-electron chi connectivity index (χ3n) is 3.17. The molecule has 3 nitrogen and oxygen atoms in total. The largest absolute Gasteiger partial charge is 0.389 e. The molecule has 0 radical (unpaired) electrons.